The van der Waals surface area contributed by atoms with E-state index in [1.54, 1.807) is 0 Å². The lowest BCUT2D eigenvalue weighted by atomic mass is 10.0. The molecule has 0 fully saturated rings. The Bertz CT molecular complexity index is 497. The van der Waals surface area contributed by atoms with Crippen LogP contribution in [0, 0.1) is 13.8 Å². The molecule has 0 saturated heterocycles. The smallest absolute Gasteiger partial charge is 0.122 e. The summed E-state index contributed by atoms with van der Waals surface area (Å²) in [7, 11) is 0. The molecule has 28 heavy (non-hydrogen) atoms. The van der Waals surface area contributed by atoms with E-state index >= 15 is 0 Å². The third-order valence-electron chi connectivity index (χ3n) is 5.96. The molecule has 2 heteroatoms. The SMILES string of the molecule is CCCCCCCCCCCCCCCCCCOc1ccc(S)c(C)c1C. The van der Waals surface area contributed by atoms with Crippen LogP contribution in [0.3, 0.4) is 0 Å². The van der Waals surface area contributed by atoms with Gasteiger partial charge in [-0.3, -0.25) is 0 Å². The van der Waals surface area contributed by atoms with Gasteiger partial charge in [-0.05, 0) is 43.5 Å². The highest BCUT2D eigenvalue weighted by Crippen LogP contribution is 2.26. The largest absolute Gasteiger partial charge is 0.493 e. The lowest BCUT2D eigenvalue weighted by molar-refractivity contribution is 0.302. The van der Waals surface area contributed by atoms with E-state index in [4.69, 9.17) is 4.74 Å². The molecule has 0 aromatic heterocycles. The first kappa shape index (κ1) is 25.4. The summed E-state index contributed by atoms with van der Waals surface area (Å²) in [6.07, 6.45) is 22.5. The van der Waals surface area contributed by atoms with E-state index in [2.05, 4.69) is 39.5 Å². The minimum atomic E-state index is 0.838. The first-order valence-corrected chi connectivity index (χ1v) is 12.5. The quantitative estimate of drug-likeness (QED) is 0.189. The van der Waals surface area contributed by atoms with Gasteiger partial charge in [0.15, 0.2) is 0 Å². The number of unbranched alkanes of at least 4 members (excludes halogenated alkanes) is 15. The lowest BCUT2D eigenvalue weighted by Gasteiger charge is -2.12. The van der Waals surface area contributed by atoms with Gasteiger partial charge in [-0.25, -0.2) is 0 Å². The van der Waals surface area contributed by atoms with E-state index in [0.29, 0.717) is 0 Å². The third-order valence-corrected chi connectivity index (χ3v) is 6.45. The zero-order chi connectivity index (χ0) is 20.5. The summed E-state index contributed by atoms with van der Waals surface area (Å²) in [5.41, 5.74) is 2.46. The maximum absolute atomic E-state index is 5.96. The second-order valence-corrected chi connectivity index (χ2v) is 8.97. The highest BCUT2D eigenvalue weighted by Gasteiger charge is 2.04. The van der Waals surface area contributed by atoms with Crippen molar-refractivity contribution < 1.29 is 4.74 Å². The molecule has 0 atom stereocenters. The molecule has 0 aliphatic carbocycles. The molecule has 0 amide bonds. The molecule has 1 aromatic rings. The molecular formula is C26H46OS. The summed E-state index contributed by atoms with van der Waals surface area (Å²) in [6.45, 7) is 7.36. The fraction of sp³-hybridized carbons (Fsp3) is 0.769. The Morgan fingerprint density at radius 3 is 1.50 bits per heavy atom. The molecule has 0 N–H and O–H groups in total. The number of hydrogen-bond acceptors (Lipinski definition) is 2. The van der Waals surface area contributed by atoms with Crippen LogP contribution in [0.25, 0.3) is 0 Å². The molecule has 1 aromatic carbocycles. The standard InChI is InChI=1S/C26H46OS/c1-4-5-6-7-8-9-10-11-12-13-14-15-16-17-18-19-22-27-25-20-21-26(28)24(3)23(25)2/h20-21,28H,4-19,22H2,1-3H3. The summed E-state index contributed by atoms with van der Waals surface area (Å²) in [4.78, 5) is 1.05. The first-order valence-electron chi connectivity index (χ1n) is 12.1. The Morgan fingerprint density at radius 2 is 1.04 bits per heavy atom. The summed E-state index contributed by atoms with van der Waals surface area (Å²) in [5.74, 6) is 1.02. The molecule has 0 bridgehead atoms. The summed E-state index contributed by atoms with van der Waals surface area (Å²) in [5, 5.41) is 0. The highest BCUT2D eigenvalue weighted by molar-refractivity contribution is 7.80. The molecule has 1 rings (SSSR count). The molecule has 162 valence electrons. The predicted octanol–water partition coefficient (Wildman–Crippen LogP) is 9.23. The zero-order valence-corrected chi connectivity index (χ0v) is 19.9. The second-order valence-electron chi connectivity index (χ2n) is 8.48. The highest BCUT2D eigenvalue weighted by atomic mass is 32.1. The molecule has 1 nitrogen and oxygen atoms in total. The summed E-state index contributed by atoms with van der Waals surface area (Å²) in [6, 6.07) is 4.09. The van der Waals surface area contributed by atoms with Gasteiger partial charge in [0.05, 0.1) is 6.61 Å². The average Bonchev–Trinajstić information content (AvgIpc) is 2.70. The Hall–Kier alpha value is -0.630. The number of benzene rings is 1. The number of rotatable bonds is 18. The van der Waals surface area contributed by atoms with E-state index in [0.717, 1.165) is 17.3 Å². The molecule has 0 aliphatic heterocycles. The minimum Gasteiger partial charge on any atom is -0.493 e. The van der Waals surface area contributed by atoms with Gasteiger partial charge in [0.25, 0.3) is 0 Å². The number of thiol groups is 1. The maximum atomic E-state index is 5.96. The van der Waals surface area contributed by atoms with Gasteiger partial charge in [0.1, 0.15) is 5.75 Å². The molecular weight excluding hydrogens is 360 g/mol. The van der Waals surface area contributed by atoms with Gasteiger partial charge in [-0.1, -0.05) is 103 Å². The summed E-state index contributed by atoms with van der Waals surface area (Å²) < 4.78 is 5.96. The molecule has 0 aliphatic rings. The van der Waals surface area contributed by atoms with E-state index in [9.17, 15) is 0 Å². The van der Waals surface area contributed by atoms with Gasteiger partial charge < -0.3 is 4.74 Å². The van der Waals surface area contributed by atoms with Crippen molar-refractivity contribution in [1.29, 1.82) is 0 Å². The number of ether oxygens (including phenoxy) is 1. The Kier molecular flexibility index (Phi) is 15.6. The fourth-order valence-electron chi connectivity index (χ4n) is 3.77. The van der Waals surface area contributed by atoms with Crippen LogP contribution < -0.4 is 4.74 Å². The van der Waals surface area contributed by atoms with Crippen LogP contribution in [0.4, 0.5) is 0 Å². The van der Waals surface area contributed by atoms with Crippen LogP contribution in [-0.4, -0.2) is 6.61 Å². The zero-order valence-electron chi connectivity index (χ0n) is 19.0. The monoisotopic (exact) mass is 406 g/mol. The van der Waals surface area contributed by atoms with E-state index < -0.39 is 0 Å². The van der Waals surface area contributed by atoms with Crippen LogP contribution in [0.15, 0.2) is 17.0 Å². The second kappa shape index (κ2) is 17.2. The van der Waals surface area contributed by atoms with Crippen molar-refractivity contribution in [3.63, 3.8) is 0 Å². The van der Waals surface area contributed by atoms with Gasteiger partial charge >= 0.3 is 0 Å². The number of hydrogen-bond donors (Lipinski definition) is 1. The average molecular weight is 407 g/mol. The van der Waals surface area contributed by atoms with Crippen LogP contribution in [-0.2, 0) is 0 Å². The van der Waals surface area contributed by atoms with Gasteiger partial charge in [0.2, 0.25) is 0 Å². The topological polar surface area (TPSA) is 9.23 Å². The molecule has 0 radical (unpaired) electrons. The summed E-state index contributed by atoms with van der Waals surface area (Å²) >= 11 is 4.47. The molecule has 0 saturated carbocycles. The predicted molar refractivity (Wildman–Crippen MR) is 128 cm³/mol. The first-order chi connectivity index (χ1) is 13.7. The molecule has 0 heterocycles. The van der Waals surface area contributed by atoms with Crippen LogP contribution in [0.2, 0.25) is 0 Å². The molecule has 0 unspecified atom stereocenters. The van der Waals surface area contributed by atoms with Crippen molar-refractivity contribution in [2.45, 2.75) is 128 Å². The van der Waals surface area contributed by atoms with Crippen LogP contribution in [0.5, 0.6) is 5.75 Å². The Balaban J connectivity index is 1.83. The van der Waals surface area contributed by atoms with Crippen molar-refractivity contribution in [3.05, 3.63) is 23.3 Å². The Morgan fingerprint density at radius 1 is 0.607 bits per heavy atom. The van der Waals surface area contributed by atoms with Crippen LogP contribution in [0.1, 0.15) is 121 Å². The van der Waals surface area contributed by atoms with E-state index in [1.165, 1.54) is 114 Å². The van der Waals surface area contributed by atoms with Crippen molar-refractivity contribution >= 4 is 12.6 Å². The minimum absolute atomic E-state index is 0.838. The molecule has 0 spiro atoms. The van der Waals surface area contributed by atoms with Crippen molar-refractivity contribution in [3.8, 4) is 5.75 Å². The van der Waals surface area contributed by atoms with E-state index in [-0.39, 0.29) is 0 Å². The van der Waals surface area contributed by atoms with Gasteiger partial charge in [-0.15, -0.1) is 12.6 Å². The fourth-order valence-corrected chi connectivity index (χ4v) is 4.01. The Labute approximate surface area is 181 Å². The van der Waals surface area contributed by atoms with Crippen molar-refractivity contribution in [2.75, 3.05) is 6.61 Å². The normalized spacial score (nSPS) is 11.1. The van der Waals surface area contributed by atoms with Crippen molar-refractivity contribution in [1.82, 2.24) is 0 Å². The van der Waals surface area contributed by atoms with E-state index in [1.807, 2.05) is 6.07 Å². The van der Waals surface area contributed by atoms with Crippen LogP contribution >= 0.6 is 12.6 Å². The maximum Gasteiger partial charge on any atom is 0.122 e. The van der Waals surface area contributed by atoms with Crippen molar-refractivity contribution in [2.24, 2.45) is 0 Å². The lowest BCUT2D eigenvalue weighted by Crippen LogP contribution is -2.00. The third kappa shape index (κ3) is 12.0. The van der Waals surface area contributed by atoms with Gasteiger partial charge in [0, 0.05) is 4.90 Å². The van der Waals surface area contributed by atoms with Gasteiger partial charge in [-0.2, -0.15) is 0 Å².